The minimum Gasteiger partial charge on any atom is -0.354 e. The largest absolute Gasteiger partial charge is 0.354 e. The van der Waals surface area contributed by atoms with Gasteiger partial charge in [0.15, 0.2) is 0 Å². The molecule has 2 aliphatic rings. The lowest BCUT2D eigenvalue weighted by atomic mass is 10.0. The molecule has 0 N–H and O–H groups in total. The van der Waals surface area contributed by atoms with Crippen molar-refractivity contribution in [3.8, 4) is 0 Å². The Balaban J connectivity index is 1.44. The first-order valence-electron chi connectivity index (χ1n) is 9.33. The lowest BCUT2D eigenvalue weighted by molar-refractivity contribution is -0.384. The number of aromatic nitrogens is 1. The molecular formula is C19H25N5O2. The molecule has 0 bridgehead atoms. The van der Waals surface area contributed by atoms with Crippen LogP contribution >= 0.6 is 0 Å². The van der Waals surface area contributed by atoms with Gasteiger partial charge in [-0.1, -0.05) is 0 Å². The van der Waals surface area contributed by atoms with E-state index < -0.39 is 0 Å². The summed E-state index contributed by atoms with van der Waals surface area (Å²) in [5.74, 6) is 0.965. The van der Waals surface area contributed by atoms with Gasteiger partial charge in [0.05, 0.1) is 10.4 Å². The highest BCUT2D eigenvalue weighted by atomic mass is 16.6. The third-order valence-corrected chi connectivity index (χ3v) is 5.62. The summed E-state index contributed by atoms with van der Waals surface area (Å²) >= 11 is 0. The second-order valence-corrected chi connectivity index (χ2v) is 7.38. The normalized spacial score (nSPS) is 22.7. The number of non-ortho nitro benzene ring substituents is 1. The quantitative estimate of drug-likeness (QED) is 0.622. The molecule has 138 valence electrons. The first kappa shape index (κ1) is 17.2. The molecule has 0 amide bonds. The number of rotatable bonds is 3. The lowest BCUT2D eigenvalue weighted by Gasteiger charge is -2.43. The van der Waals surface area contributed by atoms with Crippen molar-refractivity contribution >= 4 is 22.4 Å². The molecule has 0 aliphatic carbocycles. The van der Waals surface area contributed by atoms with E-state index in [0.29, 0.717) is 6.04 Å². The molecule has 2 aromatic rings. The van der Waals surface area contributed by atoms with Crippen LogP contribution in [0.5, 0.6) is 0 Å². The summed E-state index contributed by atoms with van der Waals surface area (Å²) in [5, 5.41) is 11.7. The molecule has 1 atom stereocenters. The molecule has 3 heterocycles. The van der Waals surface area contributed by atoms with E-state index in [-0.39, 0.29) is 10.6 Å². The van der Waals surface area contributed by atoms with Crippen molar-refractivity contribution in [1.82, 2.24) is 14.8 Å². The number of piperazine rings is 1. The maximum atomic E-state index is 10.9. The Morgan fingerprint density at radius 1 is 1.12 bits per heavy atom. The Bertz CT molecular complexity index is 804. The molecule has 0 spiro atoms. The number of nitro groups is 1. The Kier molecular flexibility index (Phi) is 4.74. The summed E-state index contributed by atoms with van der Waals surface area (Å²) in [4.78, 5) is 22.6. The second kappa shape index (κ2) is 7.17. The van der Waals surface area contributed by atoms with Crippen molar-refractivity contribution in [2.75, 3.05) is 51.2 Å². The highest BCUT2D eigenvalue weighted by Gasteiger charge is 2.27. The molecular weight excluding hydrogens is 330 g/mol. The number of likely N-dealkylation sites (tertiary alicyclic amines) is 1. The number of hydrogen-bond acceptors (Lipinski definition) is 6. The van der Waals surface area contributed by atoms with Gasteiger partial charge < -0.3 is 9.80 Å². The zero-order valence-corrected chi connectivity index (χ0v) is 15.2. The molecule has 0 radical (unpaired) electrons. The number of hydrogen-bond donors (Lipinski definition) is 0. The first-order valence-corrected chi connectivity index (χ1v) is 9.33. The van der Waals surface area contributed by atoms with Crippen LogP contribution in [0.25, 0.3) is 10.9 Å². The summed E-state index contributed by atoms with van der Waals surface area (Å²) in [6.07, 6.45) is 2.59. The topological polar surface area (TPSA) is 65.8 Å². The predicted octanol–water partition coefficient (Wildman–Crippen LogP) is 2.36. The van der Waals surface area contributed by atoms with Crippen LogP contribution in [0.15, 0.2) is 30.3 Å². The maximum absolute atomic E-state index is 10.9. The number of fused-ring (bicyclic) bond motifs is 1. The van der Waals surface area contributed by atoms with Gasteiger partial charge in [-0.05, 0) is 44.6 Å². The molecule has 0 saturated carbocycles. The number of nitrogens with zero attached hydrogens (tertiary/aromatic N) is 5. The van der Waals surface area contributed by atoms with Crippen molar-refractivity contribution in [3.63, 3.8) is 0 Å². The maximum Gasteiger partial charge on any atom is 0.270 e. The average molecular weight is 355 g/mol. The van der Waals surface area contributed by atoms with Gasteiger partial charge >= 0.3 is 0 Å². The van der Waals surface area contributed by atoms with Gasteiger partial charge in [-0.15, -0.1) is 0 Å². The summed E-state index contributed by atoms with van der Waals surface area (Å²) in [7, 11) is 2.21. The fourth-order valence-electron chi connectivity index (χ4n) is 4.15. The van der Waals surface area contributed by atoms with Gasteiger partial charge in [0.1, 0.15) is 5.82 Å². The zero-order chi connectivity index (χ0) is 18.1. The SMILES string of the molecule is CN1CCCC(N2CCN(c3ccc4cc([N+](=O)[O-])ccc4n3)CC2)C1. The van der Waals surface area contributed by atoms with Crippen LogP contribution in [0.1, 0.15) is 12.8 Å². The van der Waals surface area contributed by atoms with Crippen LogP contribution < -0.4 is 4.90 Å². The van der Waals surface area contributed by atoms with Crippen LogP contribution in [-0.2, 0) is 0 Å². The van der Waals surface area contributed by atoms with Gasteiger partial charge in [0.25, 0.3) is 5.69 Å². The molecule has 2 fully saturated rings. The molecule has 7 heteroatoms. The van der Waals surface area contributed by atoms with Gasteiger partial charge in [0.2, 0.25) is 0 Å². The number of nitro benzene ring substituents is 1. The van der Waals surface area contributed by atoms with E-state index in [4.69, 9.17) is 4.98 Å². The van der Waals surface area contributed by atoms with Crippen molar-refractivity contribution in [2.24, 2.45) is 0 Å². The number of pyridine rings is 1. The van der Waals surface area contributed by atoms with Crippen LogP contribution in [0.3, 0.4) is 0 Å². The average Bonchev–Trinajstić information content (AvgIpc) is 2.67. The summed E-state index contributed by atoms with van der Waals surface area (Å²) < 4.78 is 0. The molecule has 2 saturated heterocycles. The molecule has 1 aromatic heterocycles. The fraction of sp³-hybridized carbons (Fsp3) is 0.526. The minimum absolute atomic E-state index is 0.109. The summed E-state index contributed by atoms with van der Waals surface area (Å²) in [6, 6.07) is 9.45. The zero-order valence-electron chi connectivity index (χ0n) is 15.2. The highest BCUT2D eigenvalue weighted by Crippen LogP contribution is 2.24. The van der Waals surface area contributed by atoms with Gasteiger partial charge in [0, 0.05) is 56.3 Å². The predicted molar refractivity (Wildman–Crippen MR) is 103 cm³/mol. The van der Waals surface area contributed by atoms with E-state index in [0.717, 1.165) is 42.9 Å². The first-order chi connectivity index (χ1) is 12.6. The number of anilines is 1. The minimum atomic E-state index is -0.366. The van der Waals surface area contributed by atoms with E-state index >= 15 is 0 Å². The Morgan fingerprint density at radius 3 is 2.65 bits per heavy atom. The summed E-state index contributed by atoms with van der Waals surface area (Å²) in [6.45, 7) is 6.48. The highest BCUT2D eigenvalue weighted by molar-refractivity contribution is 5.82. The fourth-order valence-corrected chi connectivity index (χ4v) is 4.15. The number of piperidine rings is 1. The number of benzene rings is 1. The third-order valence-electron chi connectivity index (χ3n) is 5.62. The molecule has 1 aromatic carbocycles. The van der Waals surface area contributed by atoms with E-state index in [1.807, 2.05) is 12.1 Å². The monoisotopic (exact) mass is 355 g/mol. The summed E-state index contributed by atoms with van der Waals surface area (Å²) in [5.41, 5.74) is 0.919. The van der Waals surface area contributed by atoms with Crippen molar-refractivity contribution in [2.45, 2.75) is 18.9 Å². The lowest BCUT2D eigenvalue weighted by Crippen LogP contribution is -2.54. The number of likely N-dealkylation sites (N-methyl/N-ethyl adjacent to an activating group) is 1. The molecule has 1 unspecified atom stereocenters. The van der Waals surface area contributed by atoms with E-state index in [1.54, 1.807) is 12.1 Å². The van der Waals surface area contributed by atoms with Crippen LogP contribution in [0.2, 0.25) is 0 Å². The van der Waals surface area contributed by atoms with Gasteiger partial charge in [-0.3, -0.25) is 15.0 Å². The van der Waals surface area contributed by atoms with E-state index in [9.17, 15) is 10.1 Å². The Labute approximate surface area is 153 Å². The smallest absolute Gasteiger partial charge is 0.270 e. The van der Waals surface area contributed by atoms with Crippen LogP contribution in [0.4, 0.5) is 11.5 Å². The molecule has 7 nitrogen and oxygen atoms in total. The van der Waals surface area contributed by atoms with Crippen molar-refractivity contribution < 1.29 is 4.92 Å². The molecule has 2 aliphatic heterocycles. The van der Waals surface area contributed by atoms with Crippen LogP contribution in [0, 0.1) is 10.1 Å². The molecule has 4 rings (SSSR count). The Morgan fingerprint density at radius 2 is 1.92 bits per heavy atom. The van der Waals surface area contributed by atoms with E-state index in [2.05, 4.69) is 21.7 Å². The van der Waals surface area contributed by atoms with Crippen molar-refractivity contribution in [3.05, 3.63) is 40.4 Å². The Hall–Kier alpha value is -2.25. The third kappa shape index (κ3) is 3.50. The van der Waals surface area contributed by atoms with E-state index in [1.165, 1.54) is 32.0 Å². The van der Waals surface area contributed by atoms with Gasteiger partial charge in [-0.2, -0.15) is 0 Å². The second-order valence-electron chi connectivity index (χ2n) is 7.38. The molecule has 26 heavy (non-hydrogen) atoms. The van der Waals surface area contributed by atoms with Gasteiger partial charge in [-0.25, -0.2) is 4.98 Å². The van der Waals surface area contributed by atoms with Crippen molar-refractivity contribution in [1.29, 1.82) is 0 Å². The standard InChI is InChI=1S/C19H25N5O2/c1-21-8-2-3-17(14-21)22-9-11-23(12-10-22)19-7-4-15-13-16(24(25)26)5-6-18(15)20-19/h4-7,13,17H,2-3,8-12,14H2,1H3. The van der Waals surface area contributed by atoms with Crippen LogP contribution in [-0.4, -0.2) is 72.1 Å².